The van der Waals surface area contributed by atoms with Gasteiger partial charge in [-0.1, -0.05) is 55.9 Å². The van der Waals surface area contributed by atoms with Crippen LogP contribution in [0.15, 0.2) is 47.6 Å². The lowest BCUT2D eigenvalue weighted by Gasteiger charge is -2.44. The quantitative estimate of drug-likeness (QED) is 0.563. The van der Waals surface area contributed by atoms with Gasteiger partial charge in [-0.05, 0) is 87.0 Å². The third-order valence-corrected chi connectivity index (χ3v) is 7.89. The number of hydrogen-bond acceptors (Lipinski definition) is 3. The Morgan fingerprint density at radius 1 is 1.14 bits per heavy atom. The van der Waals surface area contributed by atoms with Crippen molar-refractivity contribution in [3.05, 3.63) is 47.6 Å². The van der Waals surface area contributed by atoms with Crippen molar-refractivity contribution >= 4 is 0 Å². The molecule has 0 bridgehead atoms. The molecule has 0 saturated heterocycles. The van der Waals surface area contributed by atoms with Gasteiger partial charge in [-0.15, -0.1) is 0 Å². The van der Waals surface area contributed by atoms with E-state index in [1.54, 1.807) is 5.57 Å². The number of hydrogen-bond donors (Lipinski definition) is 3. The molecule has 3 aliphatic carbocycles. The van der Waals surface area contributed by atoms with E-state index in [9.17, 15) is 15.3 Å². The summed E-state index contributed by atoms with van der Waals surface area (Å²) < 4.78 is 0. The zero-order chi connectivity index (χ0) is 21.2. The molecule has 3 saturated carbocycles. The first-order valence-corrected chi connectivity index (χ1v) is 11.5. The Balaban J connectivity index is 1.72. The monoisotopic (exact) mass is 400 g/mol. The average molecular weight is 401 g/mol. The van der Waals surface area contributed by atoms with Crippen LogP contribution in [0.4, 0.5) is 0 Å². The van der Waals surface area contributed by atoms with Gasteiger partial charge in [-0.2, -0.15) is 0 Å². The molecule has 3 nitrogen and oxygen atoms in total. The summed E-state index contributed by atoms with van der Waals surface area (Å²) in [6.07, 6.45) is 15.6. The zero-order valence-corrected chi connectivity index (χ0v) is 18.5. The summed E-state index contributed by atoms with van der Waals surface area (Å²) in [5.74, 6) is 1.87. The van der Waals surface area contributed by atoms with Crippen molar-refractivity contribution in [3.63, 3.8) is 0 Å². The maximum absolute atomic E-state index is 10.1. The second-order valence-corrected chi connectivity index (χ2v) is 10.0. The minimum Gasteiger partial charge on any atom is -0.393 e. The van der Waals surface area contributed by atoms with E-state index in [4.69, 9.17) is 0 Å². The van der Waals surface area contributed by atoms with Crippen molar-refractivity contribution in [2.75, 3.05) is 0 Å². The van der Waals surface area contributed by atoms with Gasteiger partial charge in [0.2, 0.25) is 0 Å². The Kier molecular flexibility index (Phi) is 7.24. The predicted octanol–water partition coefficient (Wildman–Crippen LogP) is 5.09. The van der Waals surface area contributed by atoms with Crippen LogP contribution in [0.5, 0.6) is 0 Å². The first-order chi connectivity index (χ1) is 13.7. The van der Waals surface area contributed by atoms with Crippen LogP contribution in [0, 0.1) is 23.2 Å². The molecular formula is C26H40O3. The summed E-state index contributed by atoms with van der Waals surface area (Å²) >= 11 is 0. The molecule has 0 aliphatic heterocycles. The van der Waals surface area contributed by atoms with E-state index < -0.39 is 12.2 Å². The summed E-state index contributed by atoms with van der Waals surface area (Å²) in [7, 11) is 0. The molecule has 3 aliphatic rings. The van der Waals surface area contributed by atoms with Gasteiger partial charge in [0.25, 0.3) is 0 Å². The summed E-state index contributed by atoms with van der Waals surface area (Å²) in [5.41, 5.74) is 3.58. The fraction of sp³-hybridized carbons (Fsp3) is 0.692. The van der Waals surface area contributed by atoms with Crippen molar-refractivity contribution < 1.29 is 15.3 Å². The second-order valence-electron chi connectivity index (χ2n) is 10.0. The molecule has 0 amide bonds. The largest absolute Gasteiger partial charge is 0.393 e. The van der Waals surface area contributed by atoms with Crippen molar-refractivity contribution in [3.8, 4) is 0 Å². The molecule has 0 aromatic carbocycles. The van der Waals surface area contributed by atoms with Crippen LogP contribution in [0.2, 0.25) is 0 Å². The third kappa shape index (κ3) is 4.95. The van der Waals surface area contributed by atoms with Crippen LogP contribution in [0.3, 0.4) is 0 Å². The molecule has 0 radical (unpaired) electrons. The van der Waals surface area contributed by atoms with Crippen LogP contribution in [0.1, 0.15) is 72.1 Å². The maximum atomic E-state index is 10.1. The van der Waals surface area contributed by atoms with Gasteiger partial charge in [-0.25, -0.2) is 0 Å². The molecule has 162 valence electrons. The fourth-order valence-electron chi connectivity index (χ4n) is 6.19. The normalized spacial score (nSPS) is 39.0. The summed E-state index contributed by atoms with van der Waals surface area (Å²) in [6.45, 7) is 10.5. The van der Waals surface area contributed by atoms with Gasteiger partial charge >= 0.3 is 0 Å². The van der Waals surface area contributed by atoms with E-state index in [0.29, 0.717) is 41.6 Å². The molecule has 0 aromatic heterocycles. The van der Waals surface area contributed by atoms with Crippen LogP contribution >= 0.6 is 0 Å². The Hall–Kier alpha value is -1.16. The van der Waals surface area contributed by atoms with Crippen LogP contribution in [-0.4, -0.2) is 33.6 Å². The van der Waals surface area contributed by atoms with E-state index in [1.165, 1.54) is 32.1 Å². The van der Waals surface area contributed by atoms with Gasteiger partial charge in [0, 0.05) is 0 Å². The minimum absolute atomic E-state index is 0.267. The van der Waals surface area contributed by atoms with E-state index in [1.807, 2.05) is 6.92 Å². The van der Waals surface area contributed by atoms with Crippen LogP contribution in [0.25, 0.3) is 0 Å². The number of fused-ring (bicyclic) bond motifs is 1. The highest BCUT2D eigenvalue weighted by Crippen LogP contribution is 2.59. The van der Waals surface area contributed by atoms with E-state index in [2.05, 4.69) is 44.7 Å². The first-order valence-electron chi connectivity index (χ1n) is 11.5. The highest BCUT2D eigenvalue weighted by Gasteiger charge is 2.50. The molecule has 0 aromatic rings. The second kappa shape index (κ2) is 9.32. The minimum atomic E-state index is -0.620. The van der Waals surface area contributed by atoms with Crippen LogP contribution in [-0.2, 0) is 0 Å². The van der Waals surface area contributed by atoms with Crippen molar-refractivity contribution in [2.24, 2.45) is 23.2 Å². The third-order valence-electron chi connectivity index (χ3n) is 7.89. The Bertz CT molecular complexity index is 670. The van der Waals surface area contributed by atoms with Crippen molar-refractivity contribution in [2.45, 2.75) is 90.4 Å². The smallest absolute Gasteiger partial charge is 0.0809 e. The highest BCUT2D eigenvalue weighted by atomic mass is 16.3. The SMILES string of the molecule is C=C1[C@H](O)CC(=C/C=C2\CCC[C@]3(C)[C@@H]([C@@H](C)/C=C/C[C@@H](C)O)CC[C@@H]23)C[C@H]1O. The number of aliphatic hydroxyl groups is 3. The molecule has 7 atom stereocenters. The van der Waals surface area contributed by atoms with Gasteiger partial charge in [0.1, 0.15) is 0 Å². The standard InChI is InChI=1S/C26H40O3/c1-17(7-5-8-18(2)27)22-12-13-23-21(9-6-14-26(22,23)4)11-10-20-15-24(28)19(3)25(29)16-20/h5,7,10-11,17-18,22-25,27-29H,3,6,8-9,12-16H2,1-2,4H3/b7-5+,21-11+/t17-,18+,22+,23-,24+,25+,26+/m0/s1. The van der Waals surface area contributed by atoms with Crippen LogP contribution < -0.4 is 0 Å². The van der Waals surface area contributed by atoms with Gasteiger partial charge < -0.3 is 15.3 Å². The van der Waals surface area contributed by atoms with Crippen molar-refractivity contribution in [1.29, 1.82) is 0 Å². The molecule has 3 N–H and O–H groups in total. The fourth-order valence-corrected chi connectivity index (χ4v) is 6.19. The number of allylic oxidation sites excluding steroid dienone is 4. The lowest BCUT2D eigenvalue weighted by Crippen LogP contribution is -2.35. The molecule has 3 heteroatoms. The molecule has 3 fully saturated rings. The first kappa shape index (κ1) is 22.5. The van der Waals surface area contributed by atoms with E-state index in [-0.39, 0.29) is 6.10 Å². The Morgan fingerprint density at radius 3 is 2.48 bits per heavy atom. The summed E-state index contributed by atoms with van der Waals surface area (Å²) in [6, 6.07) is 0. The molecule has 0 unspecified atom stereocenters. The lowest BCUT2D eigenvalue weighted by atomic mass is 9.61. The maximum Gasteiger partial charge on any atom is 0.0809 e. The molecule has 29 heavy (non-hydrogen) atoms. The Morgan fingerprint density at radius 2 is 1.83 bits per heavy atom. The molecule has 0 spiro atoms. The molecule has 3 rings (SSSR count). The van der Waals surface area contributed by atoms with Gasteiger partial charge in [0.05, 0.1) is 18.3 Å². The number of rotatable bonds is 5. The average Bonchev–Trinajstić information content (AvgIpc) is 3.01. The van der Waals surface area contributed by atoms with E-state index in [0.717, 1.165) is 12.0 Å². The van der Waals surface area contributed by atoms with Gasteiger partial charge in [-0.3, -0.25) is 0 Å². The van der Waals surface area contributed by atoms with E-state index >= 15 is 0 Å². The topological polar surface area (TPSA) is 60.7 Å². The predicted molar refractivity (Wildman–Crippen MR) is 119 cm³/mol. The van der Waals surface area contributed by atoms with Gasteiger partial charge in [0.15, 0.2) is 0 Å². The lowest BCUT2D eigenvalue weighted by molar-refractivity contribution is 0.112. The summed E-state index contributed by atoms with van der Waals surface area (Å²) in [4.78, 5) is 0. The summed E-state index contributed by atoms with van der Waals surface area (Å²) in [5, 5.41) is 29.7. The Labute approximate surface area is 176 Å². The highest BCUT2D eigenvalue weighted by molar-refractivity contribution is 5.29. The molecule has 0 heterocycles. The zero-order valence-electron chi connectivity index (χ0n) is 18.5. The number of aliphatic hydroxyl groups excluding tert-OH is 3. The molecular weight excluding hydrogens is 360 g/mol. The van der Waals surface area contributed by atoms with Crippen molar-refractivity contribution in [1.82, 2.24) is 0 Å².